The Balaban J connectivity index is 2.36. The smallest absolute Gasteiger partial charge is 0.246 e. The molecule has 1 aliphatic carbocycles. The molecule has 0 spiro atoms. The highest BCUT2D eigenvalue weighted by Crippen LogP contribution is 2.31. The van der Waals surface area contributed by atoms with Gasteiger partial charge < -0.3 is 5.73 Å². The second-order valence-corrected chi connectivity index (χ2v) is 7.51. The van der Waals surface area contributed by atoms with Gasteiger partial charge in [-0.3, -0.25) is 0 Å². The van der Waals surface area contributed by atoms with E-state index in [0.717, 1.165) is 31.7 Å². The fourth-order valence-corrected chi connectivity index (χ4v) is 4.47. The molecule has 0 aromatic heterocycles. The highest BCUT2D eigenvalue weighted by molar-refractivity contribution is 7.89. The van der Waals surface area contributed by atoms with Crippen molar-refractivity contribution in [1.82, 2.24) is 4.31 Å². The minimum atomic E-state index is -3.85. The molecule has 0 amide bonds. The zero-order valence-electron chi connectivity index (χ0n) is 11.8. The van der Waals surface area contributed by atoms with Crippen molar-refractivity contribution < 1.29 is 12.8 Å². The van der Waals surface area contributed by atoms with Gasteiger partial charge >= 0.3 is 0 Å². The van der Waals surface area contributed by atoms with Crippen LogP contribution in [0.5, 0.6) is 0 Å². The van der Waals surface area contributed by atoms with Crippen LogP contribution in [0.1, 0.15) is 32.6 Å². The van der Waals surface area contributed by atoms with Gasteiger partial charge in [-0.2, -0.15) is 4.31 Å². The minimum absolute atomic E-state index is 0.0745. The van der Waals surface area contributed by atoms with E-state index < -0.39 is 15.8 Å². The van der Waals surface area contributed by atoms with Crippen LogP contribution in [0, 0.1) is 11.7 Å². The summed E-state index contributed by atoms with van der Waals surface area (Å²) >= 11 is 0. The third kappa shape index (κ3) is 2.81. The lowest BCUT2D eigenvalue weighted by Gasteiger charge is -2.35. The molecule has 112 valence electrons. The van der Waals surface area contributed by atoms with Crippen molar-refractivity contribution in [2.75, 3.05) is 12.8 Å². The predicted octanol–water partition coefficient (Wildman–Crippen LogP) is 2.61. The first-order valence-corrected chi connectivity index (χ1v) is 8.31. The molecule has 2 N–H and O–H groups in total. The molecule has 0 radical (unpaired) electrons. The molecule has 1 fully saturated rings. The van der Waals surface area contributed by atoms with Crippen molar-refractivity contribution in [3.8, 4) is 0 Å². The first-order valence-electron chi connectivity index (χ1n) is 6.87. The first-order chi connectivity index (χ1) is 9.34. The molecule has 1 aromatic carbocycles. The Hall–Kier alpha value is -1.14. The summed E-state index contributed by atoms with van der Waals surface area (Å²) in [4.78, 5) is -0.335. The van der Waals surface area contributed by atoms with Gasteiger partial charge in [0.2, 0.25) is 10.0 Å². The number of hydrogen-bond acceptors (Lipinski definition) is 3. The van der Waals surface area contributed by atoms with E-state index in [2.05, 4.69) is 0 Å². The Kier molecular flexibility index (Phi) is 4.34. The van der Waals surface area contributed by atoms with Gasteiger partial charge in [-0.25, -0.2) is 12.8 Å². The number of nitrogen functional groups attached to an aromatic ring is 1. The number of anilines is 1. The van der Waals surface area contributed by atoms with E-state index in [0.29, 0.717) is 0 Å². The second kappa shape index (κ2) is 5.69. The van der Waals surface area contributed by atoms with Gasteiger partial charge in [0.15, 0.2) is 0 Å². The quantitative estimate of drug-likeness (QED) is 0.873. The summed E-state index contributed by atoms with van der Waals surface area (Å²) in [5.41, 5.74) is 5.83. The molecular weight excluding hydrogens is 279 g/mol. The average molecular weight is 300 g/mol. The SMILES string of the molecule is CC1CCCCC1N(C)S(=O)(=O)c1cc(N)ccc1F. The monoisotopic (exact) mass is 300 g/mol. The average Bonchev–Trinajstić information content (AvgIpc) is 2.41. The van der Waals surface area contributed by atoms with E-state index in [9.17, 15) is 12.8 Å². The van der Waals surface area contributed by atoms with Gasteiger partial charge in [-0.15, -0.1) is 0 Å². The summed E-state index contributed by atoms with van der Waals surface area (Å²) in [6.45, 7) is 2.05. The number of sulfonamides is 1. The normalized spacial score (nSPS) is 24.0. The van der Waals surface area contributed by atoms with Gasteiger partial charge in [-0.1, -0.05) is 19.8 Å². The molecule has 2 unspecified atom stereocenters. The van der Waals surface area contributed by atoms with Gasteiger partial charge in [0.1, 0.15) is 10.7 Å². The van der Waals surface area contributed by atoms with E-state index in [4.69, 9.17) is 5.73 Å². The number of nitrogens with zero attached hydrogens (tertiary/aromatic N) is 1. The van der Waals surface area contributed by atoms with Crippen LogP contribution in [-0.4, -0.2) is 25.8 Å². The third-order valence-electron chi connectivity index (χ3n) is 4.15. The van der Waals surface area contributed by atoms with Gasteiger partial charge in [-0.05, 0) is 37.0 Å². The Morgan fingerprint density at radius 2 is 1.95 bits per heavy atom. The van der Waals surface area contributed by atoms with E-state index in [-0.39, 0.29) is 22.5 Å². The Morgan fingerprint density at radius 1 is 1.30 bits per heavy atom. The molecule has 1 saturated carbocycles. The van der Waals surface area contributed by atoms with E-state index >= 15 is 0 Å². The number of nitrogens with two attached hydrogens (primary N) is 1. The lowest BCUT2D eigenvalue weighted by molar-refractivity contribution is 0.213. The Morgan fingerprint density at radius 3 is 2.60 bits per heavy atom. The topological polar surface area (TPSA) is 63.4 Å². The van der Waals surface area contributed by atoms with Crippen LogP contribution in [0.4, 0.5) is 10.1 Å². The van der Waals surface area contributed by atoms with Gasteiger partial charge in [0, 0.05) is 18.8 Å². The molecule has 2 atom stereocenters. The highest BCUT2D eigenvalue weighted by Gasteiger charge is 2.34. The maximum Gasteiger partial charge on any atom is 0.246 e. The fraction of sp³-hybridized carbons (Fsp3) is 0.571. The van der Waals surface area contributed by atoms with Crippen molar-refractivity contribution >= 4 is 15.7 Å². The third-order valence-corrected chi connectivity index (χ3v) is 6.04. The van der Waals surface area contributed by atoms with Crippen LogP contribution < -0.4 is 5.73 Å². The molecule has 0 heterocycles. The fourth-order valence-electron chi connectivity index (χ4n) is 2.89. The zero-order valence-corrected chi connectivity index (χ0v) is 12.7. The lowest BCUT2D eigenvalue weighted by Crippen LogP contribution is -2.42. The molecule has 1 aromatic rings. The van der Waals surface area contributed by atoms with E-state index in [1.54, 1.807) is 0 Å². The van der Waals surface area contributed by atoms with Crippen molar-refractivity contribution in [2.24, 2.45) is 5.92 Å². The summed E-state index contributed by atoms with van der Waals surface area (Å²) in [5.74, 6) is -0.470. The molecule has 0 saturated heterocycles. The van der Waals surface area contributed by atoms with Crippen LogP contribution in [0.2, 0.25) is 0 Å². The molecule has 0 bridgehead atoms. The molecular formula is C14H21FN2O2S. The molecule has 6 heteroatoms. The van der Waals surface area contributed by atoms with Crippen molar-refractivity contribution in [3.05, 3.63) is 24.0 Å². The Labute approximate surface area is 119 Å². The summed E-state index contributed by atoms with van der Waals surface area (Å²) in [7, 11) is -2.31. The van der Waals surface area contributed by atoms with Crippen molar-refractivity contribution in [2.45, 2.75) is 43.5 Å². The maximum atomic E-state index is 13.8. The number of rotatable bonds is 3. The largest absolute Gasteiger partial charge is 0.399 e. The zero-order chi connectivity index (χ0) is 14.9. The molecule has 2 rings (SSSR count). The molecule has 1 aliphatic rings. The standard InChI is InChI=1S/C14H21FN2O2S/c1-10-5-3-4-6-13(10)17(2)20(18,19)14-9-11(16)7-8-12(14)15/h7-10,13H,3-6,16H2,1-2H3. The molecule has 20 heavy (non-hydrogen) atoms. The predicted molar refractivity (Wildman–Crippen MR) is 77.2 cm³/mol. The minimum Gasteiger partial charge on any atom is -0.399 e. The van der Waals surface area contributed by atoms with Crippen molar-refractivity contribution in [3.63, 3.8) is 0 Å². The number of benzene rings is 1. The molecule has 4 nitrogen and oxygen atoms in total. The van der Waals surface area contributed by atoms with E-state index in [1.807, 2.05) is 6.92 Å². The van der Waals surface area contributed by atoms with Crippen molar-refractivity contribution in [1.29, 1.82) is 0 Å². The van der Waals surface area contributed by atoms with Gasteiger partial charge in [0.05, 0.1) is 0 Å². The number of halogens is 1. The summed E-state index contributed by atoms with van der Waals surface area (Å²) < 4.78 is 40.3. The van der Waals surface area contributed by atoms with Crippen LogP contribution in [0.25, 0.3) is 0 Å². The Bertz CT molecular complexity index is 589. The number of hydrogen-bond donors (Lipinski definition) is 1. The lowest BCUT2D eigenvalue weighted by atomic mass is 9.86. The van der Waals surface area contributed by atoms with Crippen LogP contribution in [-0.2, 0) is 10.0 Å². The van der Waals surface area contributed by atoms with Gasteiger partial charge in [0.25, 0.3) is 0 Å². The summed E-state index contributed by atoms with van der Waals surface area (Å²) in [6.07, 6.45) is 3.96. The maximum absolute atomic E-state index is 13.8. The highest BCUT2D eigenvalue weighted by atomic mass is 32.2. The second-order valence-electron chi connectivity index (χ2n) is 5.54. The van der Waals surface area contributed by atoms with Crippen LogP contribution >= 0.6 is 0 Å². The van der Waals surface area contributed by atoms with Crippen LogP contribution in [0.15, 0.2) is 23.1 Å². The van der Waals surface area contributed by atoms with E-state index in [1.165, 1.54) is 23.5 Å². The summed E-state index contributed by atoms with van der Waals surface area (Å²) in [5, 5.41) is 0. The first kappa shape index (κ1) is 15.3. The molecule has 0 aliphatic heterocycles. The van der Waals surface area contributed by atoms with Crippen LogP contribution in [0.3, 0.4) is 0 Å². The summed E-state index contributed by atoms with van der Waals surface area (Å²) in [6, 6.07) is 3.57.